The number of aromatic nitrogens is 1. The zero-order valence-corrected chi connectivity index (χ0v) is 25.2. The Bertz CT molecular complexity index is 2620. The van der Waals surface area contributed by atoms with E-state index in [0.717, 1.165) is 0 Å². The van der Waals surface area contributed by atoms with Crippen LogP contribution in [-0.2, 0) is 10.8 Å². The Morgan fingerprint density at radius 1 is 0.444 bits per heavy atom. The van der Waals surface area contributed by atoms with Gasteiger partial charge in [0.2, 0.25) is 0 Å². The monoisotopic (exact) mass is 571 g/mol. The third-order valence-corrected chi connectivity index (χ3v) is 11.4. The minimum atomic E-state index is -0.374. The second-order valence-electron chi connectivity index (χ2n) is 13.6. The van der Waals surface area contributed by atoms with Gasteiger partial charge in [0.1, 0.15) is 0 Å². The lowest BCUT2D eigenvalue weighted by Gasteiger charge is -2.37. The van der Waals surface area contributed by atoms with Crippen molar-refractivity contribution in [1.82, 2.24) is 4.57 Å². The molecule has 0 radical (unpaired) electrons. The summed E-state index contributed by atoms with van der Waals surface area (Å²) >= 11 is 0. The molecule has 1 heteroatoms. The van der Waals surface area contributed by atoms with E-state index in [0.29, 0.717) is 0 Å². The van der Waals surface area contributed by atoms with Crippen LogP contribution in [0.1, 0.15) is 47.2 Å². The first-order valence-corrected chi connectivity index (χ1v) is 16.0. The summed E-state index contributed by atoms with van der Waals surface area (Å²) in [6.07, 6.45) is 0. The highest BCUT2D eigenvalue weighted by Crippen LogP contribution is 2.63. The van der Waals surface area contributed by atoms with E-state index in [9.17, 15) is 0 Å². The second-order valence-corrected chi connectivity index (χ2v) is 13.6. The molecule has 3 aliphatic carbocycles. The van der Waals surface area contributed by atoms with E-state index in [1.165, 1.54) is 93.9 Å². The summed E-state index contributed by atoms with van der Waals surface area (Å²) in [5.74, 6) is 0. The molecule has 1 heterocycles. The van der Waals surface area contributed by atoms with Crippen LogP contribution in [0, 0.1) is 0 Å². The predicted molar refractivity (Wildman–Crippen MR) is 187 cm³/mol. The zero-order valence-electron chi connectivity index (χ0n) is 25.2. The SMILES string of the molecule is CC1(C)c2ccccc2-c2cc(-n3c4ccc5c6c4c4c7c(cccc7ccc43)C6(c3ccccc3)c3ccccc3-5)ccc21. The van der Waals surface area contributed by atoms with E-state index in [-0.39, 0.29) is 10.8 Å². The lowest BCUT2D eigenvalue weighted by Crippen LogP contribution is -2.30. The number of hydrogen-bond donors (Lipinski definition) is 0. The average Bonchev–Trinajstić information content (AvgIpc) is 3.67. The lowest BCUT2D eigenvalue weighted by atomic mass is 9.63. The van der Waals surface area contributed by atoms with E-state index in [1.54, 1.807) is 0 Å². The van der Waals surface area contributed by atoms with Crippen molar-refractivity contribution in [1.29, 1.82) is 0 Å². The first-order valence-electron chi connectivity index (χ1n) is 16.0. The van der Waals surface area contributed by atoms with Gasteiger partial charge in [0, 0.05) is 21.9 Å². The molecule has 1 unspecified atom stereocenters. The van der Waals surface area contributed by atoms with E-state index in [1.807, 2.05) is 0 Å². The van der Waals surface area contributed by atoms with E-state index >= 15 is 0 Å². The van der Waals surface area contributed by atoms with Crippen LogP contribution in [0.15, 0.2) is 140 Å². The Balaban J connectivity index is 1.33. The molecule has 11 rings (SSSR count). The molecule has 0 saturated heterocycles. The van der Waals surface area contributed by atoms with Gasteiger partial charge in [-0.05, 0) is 90.7 Å². The van der Waals surface area contributed by atoms with Crippen molar-refractivity contribution >= 4 is 32.6 Å². The Kier molecular flexibility index (Phi) is 4.16. The fourth-order valence-electron chi connectivity index (χ4n) is 9.62. The van der Waals surface area contributed by atoms with Crippen LogP contribution in [0.5, 0.6) is 0 Å². The molecule has 1 atom stereocenters. The molecular weight excluding hydrogens is 542 g/mol. The summed E-state index contributed by atoms with van der Waals surface area (Å²) in [4.78, 5) is 0. The van der Waals surface area contributed by atoms with Gasteiger partial charge in [0.15, 0.2) is 0 Å². The molecule has 0 fully saturated rings. The number of nitrogens with zero attached hydrogens (tertiary/aromatic N) is 1. The summed E-state index contributed by atoms with van der Waals surface area (Å²) in [6, 6.07) is 52.9. The molecule has 1 aromatic heterocycles. The molecule has 3 aliphatic rings. The fourth-order valence-corrected chi connectivity index (χ4v) is 9.62. The van der Waals surface area contributed by atoms with Crippen LogP contribution in [0.2, 0.25) is 0 Å². The minimum Gasteiger partial charge on any atom is -0.309 e. The van der Waals surface area contributed by atoms with Crippen LogP contribution >= 0.6 is 0 Å². The largest absolute Gasteiger partial charge is 0.309 e. The van der Waals surface area contributed by atoms with Crippen molar-refractivity contribution in [3.05, 3.63) is 173 Å². The van der Waals surface area contributed by atoms with Crippen LogP contribution in [-0.4, -0.2) is 4.57 Å². The van der Waals surface area contributed by atoms with Crippen molar-refractivity contribution in [3.8, 4) is 27.9 Å². The molecular formula is C44H29N. The van der Waals surface area contributed by atoms with Gasteiger partial charge >= 0.3 is 0 Å². The third-order valence-electron chi connectivity index (χ3n) is 11.4. The van der Waals surface area contributed by atoms with Crippen molar-refractivity contribution in [2.45, 2.75) is 24.7 Å². The molecule has 0 amide bonds. The smallest absolute Gasteiger partial charge is 0.0726 e. The highest BCUT2D eigenvalue weighted by Gasteiger charge is 2.50. The molecule has 0 saturated carbocycles. The average molecular weight is 572 g/mol. The van der Waals surface area contributed by atoms with Gasteiger partial charge in [-0.25, -0.2) is 0 Å². The normalized spacial score (nSPS) is 17.8. The Hall–Kier alpha value is -5.40. The van der Waals surface area contributed by atoms with Crippen LogP contribution < -0.4 is 0 Å². The highest BCUT2D eigenvalue weighted by atomic mass is 15.0. The number of benzene rings is 7. The van der Waals surface area contributed by atoms with E-state index in [2.05, 4.69) is 158 Å². The van der Waals surface area contributed by atoms with Crippen molar-refractivity contribution in [2.24, 2.45) is 0 Å². The summed E-state index contributed by atoms with van der Waals surface area (Å²) < 4.78 is 2.54. The number of rotatable bonds is 2. The van der Waals surface area contributed by atoms with Crippen molar-refractivity contribution in [2.75, 3.05) is 0 Å². The van der Waals surface area contributed by atoms with Gasteiger partial charge in [0.05, 0.1) is 16.4 Å². The van der Waals surface area contributed by atoms with Crippen molar-refractivity contribution < 1.29 is 0 Å². The summed E-state index contributed by atoms with van der Waals surface area (Å²) in [5.41, 5.74) is 17.2. The van der Waals surface area contributed by atoms with Gasteiger partial charge in [-0.2, -0.15) is 0 Å². The molecule has 0 spiro atoms. The maximum atomic E-state index is 2.54. The van der Waals surface area contributed by atoms with Gasteiger partial charge in [-0.3, -0.25) is 0 Å². The van der Waals surface area contributed by atoms with Crippen LogP contribution in [0.25, 0.3) is 60.5 Å². The predicted octanol–water partition coefficient (Wildman–Crippen LogP) is 10.9. The lowest BCUT2D eigenvalue weighted by molar-refractivity contribution is 0.660. The molecule has 0 N–H and O–H groups in total. The maximum absolute atomic E-state index is 2.54. The maximum Gasteiger partial charge on any atom is 0.0726 e. The van der Waals surface area contributed by atoms with E-state index < -0.39 is 0 Å². The molecule has 7 aromatic carbocycles. The highest BCUT2D eigenvalue weighted by molar-refractivity contribution is 6.28. The molecule has 45 heavy (non-hydrogen) atoms. The minimum absolute atomic E-state index is 0.0127. The zero-order chi connectivity index (χ0) is 29.7. The third kappa shape index (κ3) is 2.58. The standard InChI is InChI=1S/C44H29N/c1-43(2)33-16-8-6-15-30(33)32-25-28(20-22-34(32)43)45-37-23-19-26-11-10-18-36-39(26)40(37)41-38(45)24-21-31-29-14-7-9-17-35(29)44(36,42(31)41)27-12-4-3-5-13-27/h3-25H,1-2H3. The summed E-state index contributed by atoms with van der Waals surface area (Å²) in [5, 5.41) is 5.47. The Labute approximate surface area is 262 Å². The van der Waals surface area contributed by atoms with Crippen molar-refractivity contribution in [3.63, 3.8) is 0 Å². The Morgan fingerprint density at radius 2 is 1.11 bits per heavy atom. The Morgan fingerprint density at radius 3 is 1.96 bits per heavy atom. The molecule has 0 bridgehead atoms. The fraction of sp³-hybridized carbons (Fsp3) is 0.0909. The summed E-state index contributed by atoms with van der Waals surface area (Å²) in [6.45, 7) is 4.72. The quantitative estimate of drug-likeness (QED) is 0.194. The van der Waals surface area contributed by atoms with Gasteiger partial charge in [-0.1, -0.05) is 129 Å². The van der Waals surface area contributed by atoms with Crippen LogP contribution in [0.4, 0.5) is 0 Å². The molecule has 8 aromatic rings. The number of fused-ring (bicyclic) bond motifs is 7. The van der Waals surface area contributed by atoms with E-state index in [4.69, 9.17) is 0 Å². The molecule has 1 nitrogen and oxygen atoms in total. The van der Waals surface area contributed by atoms with Gasteiger partial charge in [-0.15, -0.1) is 0 Å². The number of hydrogen-bond acceptors (Lipinski definition) is 0. The summed E-state index contributed by atoms with van der Waals surface area (Å²) in [7, 11) is 0. The topological polar surface area (TPSA) is 4.93 Å². The second kappa shape index (κ2) is 7.81. The molecule has 0 aliphatic heterocycles. The van der Waals surface area contributed by atoms with Crippen LogP contribution in [0.3, 0.4) is 0 Å². The van der Waals surface area contributed by atoms with Gasteiger partial charge in [0.25, 0.3) is 0 Å². The first kappa shape index (κ1) is 24.0. The van der Waals surface area contributed by atoms with Gasteiger partial charge < -0.3 is 4.57 Å². The first-order chi connectivity index (χ1) is 22.1. The molecule has 210 valence electrons.